The minimum atomic E-state index is -0.792. The maximum absolute atomic E-state index is 13.2. The Labute approximate surface area is 391 Å². The molecule has 3 N–H and O–H groups in total. The standard InChI is InChI=1S/C57H105NO5/c1-4-7-10-13-16-19-22-24-26-27-28-29-31-33-35-38-41-44-47-50-57(62)63-53(48-45-42-39-36-21-18-15-12-9-6-3)51-56(61)58-54(52-59)55(60)49-46-43-40-37-34-32-30-25-23-20-17-14-11-8-5-2/h16,19,24,26,28-29,33,35,53-55,59-60H,4-15,17-18,20-23,25,27,30-32,34,36-52H2,1-3H3,(H,58,61)/b19-16-,26-24-,29-28-,35-33-. The van der Waals surface area contributed by atoms with E-state index in [9.17, 15) is 19.8 Å². The fourth-order valence-corrected chi connectivity index (χ4v) is 8.24. The number of aliphatic hydroxyl groups excluding tert-OH is 2. The van der Waals surface area contributed by atoms with Gasteiger partial charge in [0.2, 0.25) is 5.91 Å². The van der Waals surface area contributed by atoms with Gasteiger partial charge in [-0.05, 0) is 70.6 Å². The summed E-state index contributed by atoms with van der Waals surface area (Å²) in [4.78, 5) is 26.1. The number of allylic oxidation sites excluding steroid dienone is 8. The van der Waals surface area contributed by atoms with Gasteiger partial charge >= 0.3 is 5.97 Å². The molecule has 0 heterocycles. The highest BCUT2D eigenvalue weighted by Gasteiger charge is 2.24. The lowest BCUT2D eigenvalue weighted by molar-refractivity contribution is -0.151. The van der Waals surface area contributed by atoms with E-state index >= 15 is 0 Å². The molecule has 0 rings (SSSR count). The summed E-state index contributed by atoms with van der Waals surface area (Å²) in [5, 5.41) is 23.8. The van der Waals surface area contributed by atoms with Crippen LogP contribution in [0.2, 0.25) is 0 Å². The summed E-state index contributed by atoms with van der Waals surface area (Å²) in [6.45, 7) is 6.46. The predicted molar refractivity (Wildman–Crippen MR) is 273 cm³/mol. The van der Waals surface area contributed by atoms with Gasteiger partial charge < -0.3 is 20.3 Å². The van der Waals surface area contributed by atoms with Gasteiger partial charge in [-0.25, -0.2) is 0 Å². The molecule has 0 aromatic rings. The Morgan fingerprint density at radius 1 is 0.460 bits per heavy atom. The number of carbonyl (C=O) groups excluding carboxylic acids is 2. The lowest BCUT2D eigenvalue weighted by atomic mass is 10.0. The van der Waals surface area contributed by atoms with Gasteiger partial charge in [0, 0.05) is 6.42 Å². The van der Waals surface area contributed by atoms with E-state index in [1.54, 1.807) is 0 Å². The molecule has 0 saturated carbocycles. The number of esters is 1. The summed E-state index contributed by atoms with van der Waals surface area (Å²) in [5.41, 5.74) is 0. The molecule has 63 heavy (non-hydrogen) atoms. The Hall–Kier alpha value is -2.18. The second kappa shape index (κ2) is 50.8. The highest BCUT2D eigenvalue weighted by molar-refractivity contribution is 5.77. The van der Waals surface area contributed by atoms with E-state index < -0.39 is 18.2 Å². The van der Waals surface area contributed by atoms with Crippen LogP contribution in [0.5, 0.6) is 0 Å². The molecule has 0 radical (unpaired) electrons. The molecule has 3 atom stereocenters. The lowest BCUT2D eigenvalue weighted by Crippen LogP contribution is -2.46. The Morgan fingerprint density at radius 2 is 0.810 bits per heavy atom. The molecule has 0 aliphatic rings. The van der Waals surface area contributed by atoms with E-state index in [-0.39, 0.29) is 24.9 Å². The normalized spacial score (nSPS) is 13.5. The van der Waals surface area contributed by atoms with Gasteiger partial charge in [0.1, 0.15) is 6.10 Å². The zero-order valence-electron chi connectivity index (χ0n) is 42.0. The van der Waals surface area contributed by atoms with E-state index in [0.29, 0.717) is 19.3 Å². The number of aliphatic hydroxyl groups is 2. The monoisotopic (exact) mass is 884 g/mol. The van der Waals surface area contributed by atoms with Gasteiger partial charge in [0.15, 0.2) is 0 Å². The molecular formula is C57H105NO5. The Bertz CT molecular complexity index is 1080. The second-order valence-electron chi connectivity index (χ2n) is 18.6. The van der Waals surface area contributed by atoms with Crippen LogP contribution in [0.15, 0.2) is 48.6 Å². The molecule has 0 aliphatic carbocycles. The largest absolute Gasteiger partial charge is 0.462 e. The zero-order valence-corrected chi connectivity index (χ0v) is 42.0. The number of hydrogen-bond acceptors (Lipinski definition) is 5. The van der Waals surface area contributed by atoms with Gasteiger partial charge in [0.25, 0.3) is 0 Å². The zero-order chi connectivity index (χ0) is 45.9. The van der Waals surface area contributed by atoms with Crippen molar-refractivity contribution in [1.29, 1.82) is 0 Å². The van der Waals surface area contributed by atoms with Crippen molar-refractivity contribution in [2.75, 3.05) is 6.61 Å². The molecule has 6 nitrogen and oxygen atoms in total. The molecule has 1 amide bonds. The molecule has 3 unspecified atom stereocenters. The van der Waals surface area contributed by atoms with Gasteiger partial charge in [-0.1, -0.05) is 243 Å². The van der Waals surface area contributed by atoms with Crippen LogP contribution >= 0.6 is 0 Å². The summed E-state index contributed by atoms with van der Waals surface area (Å²) >= 11 is 0. The number of carbonyl (C=O) groups is 2. The van der Waals surface area contributed by atoms with Crippen LogP contribution < -0.4 is 5.32 Å². The first-order chi connectivity index (χ1) is 31.0. The predicted octanol–water partition coefficient (Wildman–Crippen LogP) is 16.6. The van der Waals surface area contributed by atoms with Crippen molar-refractivity contribution in [2.45, 2.75) is 296 Å². The van der Waals surface area contributed by atoms with Crippen molar-refractivity contribution in [2.24, 2.45) is 0 Å². The highest BCUT2D eigenvalue weighted by atomic mass is 16.5. The third-order valence-electron chi connectivity index (χ3n) is 12.4. The molecule has 0 aromatic carbocycles. The van der Waals surface area contributed by atoms with Gasteiger partial charge in [-0.2, -0.15) is 0 Å². The van der Waals surface area contributed by atoms with Crippen molar-refractivity contribution < 1.29 is 24.5 Å². The van der Waals surface area contributed by atoms with Crippen LogP contribution in [0, 0.1) is 0 Å². The van der Waals surface area contributed by atoms with Crippen molar-refractivity contribution in [3.05, 3.63) is 48.6 Å². The van der Waals surface area contributed by atoms with Crippen LogP contribution in [-0.2, 0) is 14.3 Å². The molecular weight excluding hydrogens is 779 g/mol. The van der Waals surface area contributed by atoms with E-state index in [4.69, 9.17) is 4.74 Å². The fourth-order valence-electron chi connectivity index (χ4n) is 8.24. The summed E-state index contributed by atoms with van der Waals surface area (Å²) in [6, 6.07) is -0.706. The number of nitrogens with one attached hydrogen (secondary N) is 1. The lowest BCUT2D eigenvalue weighted by Gasteiger charge is -2.24. The molecule has 0 aromatic heterocycles. The second-order valence-corrected chi connectivity index (χ2v) is 18.6. The summed E-state index contributed by atoms with van der Waals surface area (Å²) in [7, 11) is 0. The van der Waals surface area contributed by atoms with E-state index in [0.717, 1.165) is 83.5 Å². The molecule has 368 valence electrons. The molecule has 0 aliphatic heterocycles. The molecule has 0 bridgehead atoms. The molecule has 6 heteroatoms. The van der Waals surface area contributed by atoms with E-state index in [1.165, 1.54) is 148 Å². The number of ether oxygens (including phenoxy) is 1. The van der Waals surface area contributed by atoms with Crippen LogP contribution in [0.3, 0.4) is 0 Å². The van der Waals surface area contributed by atoms with Gasteiger partial charge in [-0.15, -0.1) is 0 Å². The number of unbranched alkanes of at least 4 members (excludes halogenated alkanes) is 29. The van der Waals surface area contributed by atoms with Gasteiger partial charge in [0.05, 0.1) is 25.2 Å². The fraction of sp³-hybridized carbons (Fsp3) is 0.825. The maximum Gasteiger partial charge on any atom is 0.306 e. The smallest absolute Gasteiger partial charge is 0.306 e. The van der Waals surface area contributed by atoms with Crippen molar-refractivity contribution in [3.8, 4) is 0 Å². The Kier molecular flexibility index (Phi) is 49.1. The first kappa shape index (κ1) is 60.8. The first-order valence-corrected chi connectivity index (χ1v) is 27.4. The summed E-state index contributed by atoms with van der Waals surface area (Å²) < 4.78 is 5.92. The maximum atomic E-state index is 13.2. The Balaban J connectivity index is 4.51. The third kappa shape index (κ3) is 46.2. The SMILES string of the molecule is CCCCC/C=C\C/C=C\C/C=C\C/C=C\CCCCCC(=O)OC(CCCCCCCCCCCC)CC(=O)NC(CO)C(O)CCCCCCCCCCCCCCCCC. The highest BCUT2D eigenvalue weighted by Crippen LogP contribution is 2.18. The summed E-state index contributed by atoms with van der Waals surface area (Å²) in [6.07, 6.45) is 61.7. The third-order valence-corrected chi connectivity index (χ3v) is 12.4. The number of rotatable bonds is 49. The van der Waals surface area contributed by atoms with Crippen LogP contribution in [0.4, 0.5) is 0 Å². The number of hydrogen-bond donors (Lipinski definition) is 3. The average molecular weight is 884 g/mol. The number of amides is 1. The quantitative estimate of drug-likeness (QED) is 0.0321. The average Bonchev–Trinajstić information content (AvgIpc) is 3.28. The van der Waals surface area contributed by atoms with Crippen LogP contribution in [-0.4, -0.2) is 46.9 Å². The first-order valence-electron chi connectivity index (χ1n) is 27.4. The molecule has 0 saturated heterocycles. The minimum Gasteiger partial charge on any atom is -0.462 e. The Morgan fingerprint density at radius 3 is 1.24 bits per heavy atom. The molecule has 0 spiro atoms. The topological polar surface area (TPSA) is 95.9 Å². The van der Waals surface area contributed by atoms with Crippen LogP contribution in [0.1, 0.15) is 278 Å². The van der Waals surface area contributed by atoms with E-state index in [1.807, 2.05) is 0 Å². The van der Waals surface area contributed by atoms with Crippen LogP contribution in [0.25, 0.3) is 0 Å². The summed E-state index contributed by atoms with van der Waals surface area (Å²) in [5.74, 6) is -0.502. The van der Waals surface area contributed by atoms with Crippen molar-refractivity contribution in [3.63, 3.8) is 0 Å². The van der Waals surface area contributed by atoms with Crippen molar-refractivity contribution >= 4 is 11.9 Å². The van der Waals surface area contributed by atoms with E-state index in [2.05, 4.69) is 74.7 Å². The minimum absolute atomic E-state index is 0.0669. The van der Waals surface area contributed by atoms with Crippen molar-refractivity contribution in [1.82, 2.24) is 5.32 Å². The van der Waals surface area contributed by atoms with Gasteiger partial charge in [-0.3, -0.25) is 9.59 Å². The molecule has 0 fully saturated rings.